The summed E-state index contributed by atoms with van der Waals surface area (Å²) in [4.78, 5) is 15.2. The molecule has 112 valence electrons. The molecule has 0 spiro atoms. The Hall–Kier alpha value is -2.82. The van der Waals surface area contributed by atoms with E-state index in [1.165, 1.54) is 18.2 Å². The van der Waals surface area contributed by atoms with Gasteiger partial charge >= 0.3 is 0 Å². The molecule has 2 aromatic carbocycles. The van der Waals surface area contributed by atoms with Crippen molar-refractivity contribution in [3.8, 4) is 0 Å². The van der Waals surface area contributed by atoms with Crippen molar-refractivity contribution in [1.82, 2.24) is 10.3 Å². The van der Waals surface area contributed by atoms with E-state index < -0.39 is 5.82 Å². The Bertz CT molecular complexity index is 826. The van der Waals surface area contributed by atoms with Crippen LogP contribution in [0.15, 0.2) is 48.7 Å². The molecule has 1 amide bonds. The maximum absolute atomic E-state index is 13.4. The van der Waals surface area contributed by atoms with E-state index in [2.05, 4.69) is 10.3 Å². The fraction of sp³-hybridized carbons (Fsp3) is 0.118. The predicted octanol–water partition coefficient (Wildman–Crippen LogP) is 2.86. The van der Waals surface area contributed by atoms with Crippen LogP contribution in [0.4, 0.5) is 10.1 Å². The highest BCUT2D eigenvalue weighted by Crippen LogP contribution is 2.18. The lowest BCUT2D eigenvalue weighted by molar-refractivity contribution is 0.0954. The van der Waals surface area contributed by atoms with Crippen LogP contribution in [0.3, 0.4) is 0 Å². The first-order chi connectivity index (χ1) is 10.7. The fourth-order valence-electron chi connectivity index (χ4n) is 2.48. The molecule has 0 saturated carbocycles. The second-order valence-electron chi connectivity index (χ2n) is 5.07. The normalized spacial score (nSPS) is 10.8. The minimum absolute atomic E-state index is 0.118. The van der Waals surface area contributed by atoms with Crippen molar-refractivity contribution in [2.75, 3.05) is 12.3 Å². The van der Waals surface area contributed by atoms with Crippen molar-refractivity contribution in [2.45, 2.75) is 6.42 Å². The van der Waals surface area contributed by atoms with E-state index in [0.29, 0.717) is 13.0 Å². The van der Waals surface area contributed by atoms with Gasteiger partial charge in [0.1, 0.15) is 5.82 Å². The number of hydrogen-bond donors (Lipinski definition) is 3. The summed E-state index contributed by atoms with van der Waals surface area (Å²) in [6.45, 7) is 0.455. The van der Waals surface area contributed by atoms with Gasteiger partial charge in [0.25, 0.3) is 5.91 Å². The average Bonchev–Trinajstić information content (AvgIpc) is 2.93. The van der Waals surface area contributed by atoms with E-state index in [0.717, 1.165) is 16.5 Å². The van der Waals surface area contributed by atoms with Crippen LogP contribution in [0.2, 0.25) is 0 Å². The maximum Gasteiger partial charge on any atom is 0.253 e. The van der Waals surface area contributed by atoms with Gasteiger partial charge in [0.2, 0.25) is 0 Å². The monoisotopic (exact) mass is 297 g/mol. The summed E-state index contributed by atoms with van der Waals surface area (Å²) in [5.41, 5.74) is 7.83. The lowest BCUT2D eigenvalue weighted by atomic mass is 10.1. The molecule has 22 heavy (non-hydrogen) atoms. The van der Waals surface area contributed by atoms with E-state index in [4.69, 9.17) is 5.73 Å². The van der Waals surface area contributed by atoms with Crippen LogP contribution in [-0.4, -0.2) is 17.4 Å². The minimum atomic E-state index is -0.579. The van der Waals surface area contributed by atoms with Gasteiger partial charge in [-0.05, 0) is 30.2 Å². The van der Waals surface area contributed by atoms with Gasteiger partial charge in [-0.1, -0.05) is 24.3 Å². The highest BCUT2D eigenvalue weighted by Gasteiger charge is 2.12. The number of hydrogen-bond acceptors (Lipinski definition) is 2. The molecule has 1 aromatic heterocycles. The molecule has 0 atom stereocenters. The van der Waals surface area contributed by atoms with E-state index >= 15 is 0 Å². The molecule has 0 radical (unpaired) electrons. The topological polar surface area (TPSA) is 70.9 Å². The first kappa shape index (κ1) is 14.1. The molecular formula is C17H16FN3O. The van der Waals surface area contributed by atoms with Crippen LogP contribution in [-0.2, 0) is 6.42 Å². The van der Waals surface area contributed by atoms with Crippen molar-refractivity contribution in [1.29, 1.82) is 0 Å². The standard InChI is InChI=1S/C17H16FN3O/c18-14-6-3-5-13(16(14)19)17(22)20-9-8-11-10-21-15-7-2-1-4-12(11)15/h1-7,10,21H,8-9,19H2,(H,20,22). The van der Waals surface area contributed by atoms with E-state index in [-0.39, 0.29) is 17.2 Å². The number of carbonyl (C=O) groups is 1. The molecule has 4 nitrogen and oxygen atoms in total. The van der Waals surface area contributed by atoms with Gasteiger partial charge in [-0.15, -0.1) is 0 Å². The number of anilines is 1. The largest absolute Gasteiger partial charge is 0.396 e. The number of aromatic nitrogens is 1. The third-order valence-electron chi connectivity index (χ3n) is 3.65. The van der Waals surface area contributed by atoms with E-state index in [1.807, 2.05) is 30.5 Å². The van der Waals surface area contributed by atoms with Gasteiger partial charge in [-0.3, -0.25) is 4.79 Å². The highest BCUT2D eigenvalue weighted by atomic mass is 19.1. The zero-order valence-corrected chi connectivity index (χ0v) is 11.9. The Morgan fingerprint density at radius 3 is 2.86 bits per heavy atom. The second kappa shape index (κ2) is 5.89. The number of nitrogen functional groups attached to an aromatic ring is 1. The van der Waals surface area contributed by atoms with Crippen LogP contribution in [0, 0.1) is 5.82 Å². The third kappa shape index (κ3) is 2.65. The van der Waals surface area contributed by atoms with E-state index in [1.54, 1.807) is 0 Å². The lowest BCUT2D eigenvalue weighted by Gasteiger charge is -2.07. The molecule has 0 fully saturated rings. The van der Waals surface area contributed by atoms with Gasteiger partial charge in [-0.25, -0.2) is 4.39 Å². The second-order valence-corrected chi connectivity index (χ2v) is 5.07. The number of amides is 1. The molecule has 3 aromatic rings. The minimum Gasteiger partial charge on any atom is -0.396 e. The molecular weight excluding hydrogens is 281 g/mol. The van der Waals surface area contributed by atoms with E-state index in [9.17, 15) is 9.18 Å². The first-order valence-corrected chi connectivity index (χ1v) is 7.04. The average molecular weight is 297 g/mol. The number of carbonyl (C=O) groups excluding carboxylic acids is 1. The Morgan fingerprint density at radius 1 is 1.18 bits per heavy atom. The maximum atomic E-state index is 13.4. The molecule has 0 aliphatic heterocycles. The molecule has 3 rings (SSSR count). The Labute approximate surface area is 127 Å². The summed E-state index contributed by atoms with van der Waals surface area (Å²) >= 11 is 0. The number of para-hydroxylation sites is 2. The van der Waals surface area contributed by atoms with Crippen molar-refractivity contribution < 1.29 is 9.18 Å². The summed E-state index contributed by atoms with van der Waals surface area (Å²) in [5, 5.41) is 3.91. The quantitative estimate of drug-likeness (QED) is 0.648. The number of nitrogens with one attached hydrogen (secondary N) is 2. The van der Waals surface area contributed by atoms with Crippen molar-refractivity contribution in [3.63, 3.8) is 0 Å². The Morgan fingerprint density at radius 2 is 2.00 bits per heavy atom. The molecule has 1 heterocycles. The van der Waals surface area contributed by atoms with Gasteiger partial charge < -0.3 is 16.0 Å². The van der Waals surface area contributed by atoms with Crippen LogP contribution in [0.1, 0.15) is 15.9 Å². The Balaban J connectivity index is 1.66. The summed E-state index contributed by atoms with van der Waals surface area (Å²) in [6.07, 6.45) is 2.62. The van der Waals surface area contributed by atoms with Crippen molar-refractivity contribution in [2.24, 2.45) is 0 Å². The molecule has 0 aliphatic rings. The molecule has 0 saturated heterocycles. The summed E-state index contributed by atoms with van der Waals surface area (Å²) in [5.74, 6) is -0.943. The number of halogens is 1. The predicted molar refractivity (Wildman–Crippen MR) is 85.1 cm³/mol. The van der Waals surface area contributed by atoms with Gasteiger partial charge in [0.15, 0.2) is 0 Å². The number of nitrogens with two attached hydrogens (primary N) is 1. The van der Waals surface area contributed by atoms with Crippen LogP contribution >= 0.6 is 0 Å². The molecule has 0 bridgehead atoms. The molecule has 4 N–H and O–H groups in total. The number of H-pyrrole nitrogens is 1. The Kier molecular flexibility index (Phi) is 3.78. The fourth-order valence-corrected chi connectivity index (χ4v) is 2.48. The number of fused-ring (bicyclic) bond motifs is 1. The zero-order chi connectivity index (χ0) is 15.5. The van der Waals surface area contributed by atoms with Crippen LogP contribution in [0.5, 0.6) is 0 Å². The summed E-state index contributed by atoms with van der Waals surface area (Å²) in [6, 6.07) is 12.2. The number of aromatic amines is 1. The smallest absolute Gasteiger partial charge is 0.253 e. The van der Waals surface area contributed by atoms with Gasteiger partial charge in [0.05, 0.1) is 11.3 Å². The van der Waals surface area contributed by atoms with Crippen molar-refractivity contribution >= 4 is 22.5 Å². The number of benzene rings is 2. The van der Waals surface area contributed by atoms with Gasteiger partial charge in [0, 0.05) is 23.6 Å². The van der Waals surface area contributed by atoms with Gasteiger partial charge in [-0.2, -0.15) is 0 Å². The highest BCUT2D eigenvalue weighted by molar-refractivity contribution is 5.99. The van der Waals surface area contributed by atoms with Crippen LogP contribution < -0.4 is 11.1 Å². The third-order valence-corrected chi connectivity index (χ3v) is 3.65. The summed E-state index contributed by atoms with van der Waals surface area (Å²) < 4.78 is 13.4. The molecule has 5 heteroatoms. The SMILES string of the molecule is Nc1c(F)cccc1C(=O)NCCc1c[nH]c2ccccc12. The van der Waals surface area contributed by atoms with Crippen LogP contribution in [0.25, 0.3) is 10.9 Å². The first-order valence-electron chi connectivity index (χ1n) is 7.04. The molecule has 0 aliphatic carbocycles. The lowest BCUT2D eigenvalue weighted by Crippen LogP contribution is -2.26. The van der Waals surface area contributed by atoms with Crippen molar-refractivity contribution in [3.05, 3.63) is 65.6 Å². The zero-order valence-electron chi connectivity index (χ0n) is 11.9. The summed E-state index contributed by atoms with van der Waals surface area (Å²) in [7, 11) is 0. The molecule has 0 unspecified atom stereocenters. The number of rotatable bonds is 4.